The Labute approximate surface area is 190 Å². The van der Waals surface area contributed by atoms with E-state index in [0.29, 0.717) is 0 Å². The van der Waals surface area contributed by atoms with Gasteiger partial charge < -0.3 is 4.74 Å². The van der Waals surface area contributed by atoms with Crippen molar-refractivity contribution in [3.05, 3.63) is 42.4 Å². The van der Waals surface area contributed by atoms with E-state index < -0.39 is 0 Å². The Balaban J connectivity index is 1.40. The minimum absolute atomic E-state index is 0.720. The first-order valence-corrected chi connectivity index (χ1v) is 12.8. The molecule has 0 aliphatic heterocycles. The molecule has 1 fully saturated rings. The summed E-state index contributed by atoms with van der Waals surface area (Å²) in [5.74, 6) is 2.65. The van der Waals surface area contributed by atoms with Crippen molar-refractivity contribution >= 4 is 0 Å². The number of benzene rings is 1. The molecule has 31 heavy (non-hydrogen) atoms. The standard InChI is InChI=1S/C28H42N2O/c1-3-5-7-8-9-11-26-20-30-28(21-29-26)25-16-18-27(19-17-25)31-22-24-14-12-23(13-15-24)10-6-4-2/h16-21,23-24H,3-15,22H2,1-2H3. The second-order valence-electron chi connectivity index (χ2n) is 9.42. The summed E-state index contributed by atoms with van der Waals surface area (Å²) in [6.07, 6.45) is 20.9. The molecular weight excluding hydrogens is 380 g/mol. The average Bonchev–Trinajstić information content (AvgIpc) is 2.83. The van der Waals surface area contributed by atoms with Crippen LogP contribution in [0.25, 0.3) is 11.3 Å². The van der Waals surface area contributed by atoms with Gasteiger partial charge in [-0.05, 0) is 61.8 Å². The van der Waals surface area contributed by atoms with Gasteiger partial charge in [-0.2, -0.15) is 0 Å². The highest BCUT2D eigenvalue weighted by Gasteiger charge is 2.21. The molecule has 1 aliphatic carbocycles. The number of aromatic nitrogens is 2. The van der Waals surface area contributed by atoms with Crippen LogP contribution in [-0.2, 0) is 6.42 Å². The van der Waals surface area contributed by atoms with Gasteiger partial charge in [0.25, 0.3) is 0 Å². The molecule has 0 spiro atoms. The normalized spacial score (nSPS) is 18.8. The van der Waals surface area contributed by atoms with Crippen LogP contribution in [0.1, 0.15) is 96.6 Å². The van der Waals surface area contributed by atoms with E-state index in [2.05, 4.69) is 48.1 Å². The van der Waals surface area contributed by atoms with Crippen molar-refractivity contribution in [1.82, 2.24) is 9.97 Å². The third kappa shape index (κ3) is 8.27. The second kappa shape index (κ2) is 13.5. The quantitative estimate of drug-likeness (QED) is 0.306. The van der Waals surface area contributed by atoms with Crippen LogP contribution in [0.3, 0.4) is 0 Å². The second-order valence-corrected chi connectivity index (χ2v) is 9.42. The molecule has 170 valence electrons. The predicted octanol–water partition coefficient (Wildman–Crippen LogP) is 8.03. The van der Waals surface area contributed by atoms with Gasteiger partial charge in [0, 0.05) is 11.8 Å². The van der Waals surface area contributed by atoms with E-state index in [4.69, 9.17) is 4.74 Å². The van der Waals surface area contributed by atoms with Crippen LogP contribution < -0.4 is 4.74 Å². The van der Waals surface area contributed by atoms with Crippen LogP contribution in [0.15, 0.2) is 36.7 Å². The van der Waals surface area contributed by atoms with Crippen molar-refractivity contribution in [2.75, 3.05) is 6.61 Å². The van der Waals surface area contributed by atoms with E-state index in [1.165, 1.54) is 77.0 Å². The molecule has 0 bridgehead atoms. The topological polar surface area (TPSA) is 35.0 Å². The Morgan fingerprint density at radius 1 is 0.774 bits per heavy atom. The Kier molecular flexibility index (Phi) is 10.3. The molecule has 3 heteroatoms. The van der Waals surface area contributed by atoms with Gasteiger partial charge in [-0.1, -0.05) is 71.6 Å². The van der Waals surface area contributed by atoms with Gasteiger partial charge in [-0.3, -0.25) is 9.97 Å². The first-order chi connectivity index (χ1) is 15.3. The first kappa shape index (κ1) is 23.8. The summed E-state index contributed by atoms with van der Waals surface area (Å²) in [5, 5.41) is 0. The predicted molar refractivity (Wildman–Crippen MR) is 130 cm³/mol. The lowest BCUT2D eigenvalue weighted by Crippen LogP contribution is -2.20. The van der Waals surface area contributed by atoms with E-state index >= 15 is 0 Å². The maximum atomic E-state index is 6.11. The van der Waals surface area contributed by atoms with Crippen molar-refractivity contribution in [3.8, 4) is 17.0 Å². The van der Waals surface area contributed by atoms with Gasteiger partial charge in [0.05, 0.1) is 24.2 Å². The zero-order chi connectivity index (χ0) is 21.7. The molecule has 2 aromatic rings. The molecule has 0 atom stereocenters. The zero-order valence-electron chi connectivity index (χ0n) is 19.8. The summed E-state index contributed by atoms with van der Waals surface area (Å²) in [7, 11) is 0. The average molecular weight is 423 g/mol. The number of aryl methyl sites for hydroxylation is 1. The number of hydrogen-bond donors (Lipinski definition) is 0. The van der Waals surface area contributed by atoms with Gasteiger partial charge in [0.1, 0.15) is 5.75 Å². The van der Waals surface area contributed by atoms with Gasteiger partial charge >= 0.3 is 0 Å². The van der Waals surface area contributed by atoms with E-state index in [0.717, 1.165) is 47.6 Å². The summed E-state index contributed by atoms with van der Waals surface area (Å²) < 4.78 is 6.11. The third-order valence-electron chi connectivity index (χ3n) is 6.81. The van der Waals surface area contributed by atoms with Crippen LogP contribution in [-0.4, -0.2) is 16.6 Å². The van der Waals surface area contributed by atoms with Crippen LogP contribution in [0.4, 0.5) is 0 Å². The molecule has 1 aliphatic rings. The molecule has 0 unspecified atom stereocenters. The molecule has 0 amide bonds. The summed E-state index contributed by atoms with van der Waals surface area (Å²) in [6.45, 7) is 5.40. The molecule has 0 radical (unpaired) electrons. The maximum Gasteiger partial charge on any atom is 0.119 e. The summed E-state index contributed by atoms with van der Waals surface area (Å²) in [5.41, 5.74) is 3.14. The fourth-order valence-corrected chi connectivity index (χ4v) is 4.66. The SMILES string of the molecule is CCCCCCCc1cnc(-c2ccc(OCC3CCC(CCCC)CC3)cc2)cn1. The van der Waals surface area contributed by atoms with Gasteiger partial charge in [0.2, 0.25) is 0 Å². The Morgan fingerprint density at radius 3 is 2.16 bits per heavy atom. The largest absolute Gasteiger partial charge is 0.493 e. The maximum absolute atomic E-state index is 6.11. The fourth-order valence-electron chi connectivity index (χ4n) is 4.66. The Hall–Kier alpha value is -1.90. The summed E-state index contributed by atoms with van der Waals surface area (Å²) in [6, 6.07) is 8.36. The third-order valence-corrected chi connectivity index (χ3v) is 6.81. The van der Waals surface area contributed by atoms with Crippen molar-refractivity contribution in [1.29, 1.82) is 0 Å². The minimum atomic E-state index is 0.720. The molecule has 3 nitrogen and oxygen atoms in total. The van der Waals surface area contributed by atoms with Crippen LogP contribution in [0.5, 0.6) is 5.75 Å². The smallest absolute Gasteiger partial charge is 0.119 e. The van der Waals surface area contributed by atoms with Crippen LogP contribution in [0.2, 0.25) is 0 Å². The van der Waals surface area contributed by atoms with Crippen LogP contribution in [0, 0.1) is 11.8 Å². The van der Waals surface area contributed by atoms with E-state index in [1.807, 2.05) is 12.4 Å². The lowest BCUT2D eigenvalue weighted by atomic mass is 9.80. The Morgan fingerprint density at radius 2 is 1.48 bits per heavy atom. The zero-order valence-corrected chi connectivity index (χ0v) is 19.8. The summed E-state index contributed by atoms with van der Waals surface area (Å²) >= 11 is 0. The number of ether oxygens (including phenoxy) is 1. The molecule has 0 saturated heterocycles. The van der Waals surface area contributed by atoms with Gasteiger partial charge in [0.15, 0.2) is 0 Å². The first-order valence-electron chi connectivity index (χ1n) is 12.8. The number of rotatable bonds is 13. The highest BCUT2D eigenvalue weighted by molar-refractivity contribution is 5.58. The molecule has 1 aromatic carbocycles. The number of hydrogen-bond acceptors (Lipinski definition) is 3. The molecule has 3 rings (SSSR count). The molecule has 1 saturated carbocycles. The molecule has 0 N–H and O–H groups in total. The Bertz CT molecular complexity index is 718. The summed E-state index contributed by atoms with van der Waals surface area (Å²) in [4.78, 5) is 9.26. The molecule has 1 heterocycles. The number of nitrogens with zero attached hydrogens (tertiary/aromatic N) is 2. The lowest BCUT2D eigenvalue weighted by Gasteiger charge is -2.28. The van der Waals surface area contributed by atoms with Crippen molar-refractivity contribution in [3.63, 3.8) is 0 Å². The number of unbranched alkanes of at least 4 members (excludes halogenated alkanes) is 5. The van der Waals surface area contributed by atoms with Gasteiger partial charge in [-0.25, -0.2) is 0 Å². The highest BCUT2D eigenvalue weighted by atomic mass is 16.5. The lowest BCUT2D eigenvalue weighted by molar-refractivity contribution is 0.178. The minimum Gasteiger partial charge on any atom is -0.493 e. The van der Waals surface area contributed by atoms with Crippen molar-refractivity contribution in [2.24, 2.45) is 11.8 Å². The van der Waals surface area contributed by atoms with Crippen LogP contribution >= 0.6 is 0 Å². The van der Waals surface area contributed by atoms with E-state index in [-0.39, 0.29) is 0 Å². The van der Waals surface area contributed by atoms with E-state index in [9.17, 15) is 0 Å². The molecule has 1 aromatic heterocycles. The highest BCUT2D eigenvalue weighted by Crippen LogP contribution is 2.32. The fraction of sp³-hybridized carbons (Fsp3) is 0.643. The van der Waals surface area contributed by atoms with Gasteiger partial charge in [-0.15, -0.1) is 0 Å². The monoisotopic (exact) mass is 422 g/mol. The van der Waals surface area contributed by atoms with Crippen molar-refractivity contribution < 1.29 is 4.74 Å². The van der Waals surface area contributed by atoms with E-state index in [1.54, 1.807) is 0 Å². The van der Waals surface area contributed by atoms with Crippen molar-refractivity contribution in [2.45, 2.75) is 97.3 Å². The molecular formula is C28H42N2O.